The summed E-state index contributed by atoms with van der Waals surface area (Å²) in [5, 5.41) is 9.64. The van der Waals surface area contributed by atoms with Gasteiger partial charge in [0.15, 0.2) is 0 Å². The largest absolute Gasteiger partial charge is 0.416 e. The van der Waals surface area contributed by atoms with E-state index in [0.29, 0.717) is 25.0 Å². The van der Waals surface area contributed by atoms with Crippen molar-refractivity contribution in [2.75, 3.05) is 13.2 Å². The van der Waals surface area contributed by atoms with Crippen LogP contribution in [-0.2, 0) is 23.5 Å². The molecule has 1 N–H and O–H groups in total. The number of alkyl halides is 6. The fourth-order valence-corrected chi connectivity index (χ4v) is 4.10. The summed E-state index contributed by atoms with van der Waals surface area (Å²) in [5.74, 6) is -0.775. The minimum Gasteiger partial charge on any atom is -0.396 e. The molecule has 2 aromatic carbocycles. The maximum absolute atomic E-state index is 13.2. The summed E-state index contributed by atoms with van der Waals surface area (Å²) in [6, 6.07) is 7.25. The lowest BCUT2D eigenvalue weighted by Crippen LogP contribution is -2.23. The lowest BCUT2D eigenvalue weighted by molar-refractivity contribution is -0.143. The Balaban J connectivity index is 1.73. The number of hydrogen-bond donors (Lipinski definition) is 1. The van der Waals surface area contributed by atoms with Gasteiger partial charge in [-0.3, -0.25) is 0 Å². The number of hydrogen-bond acceptors (Lipinski definition) is 2. The quantitative estimate of drug-likeness (QED) is 0.549. The van der Waals surface area contributed by atoms with Gasteiger partial charge in [-0.1, -0.05) is 12.1 Å². The molecule has 3 rings (SSSR count). The summed E-state index contributed by atoms with van der Waals surface area (Å²) in [5.41, 5.74) is -2.08. The Morgan fingerprint density at radius 1 is 0.871 bits per heavy atom. The van der Waals surface area contributed by atoms with Crippen LogP contribution in [0.2, 0.25) is 0 Å². The van der Waals surface area contributed by atoms with E-state index in [9.17, 15) is 35.8 Å². The van der Waals surface area contributed by atoms with E-state index in [1.54, 1.807) is 12.1 Å². The maximum Gasteiger partial charge on any atom is 0.416 e. The van der Waals surface area contributed by atoms with Gasteiger partial charge in [-0.25, -0.2) is 4.39 Å². The van der Waals surface area contributed by atoms with E-state index in [4.69, 9.17) is 4.74 Å². The van der Waals surface area contributed by atoms with Crippen LogP contribution in [0, 0.1) is 11.7 Å². The van der Waals surface area contributed by atoms with Crippen molar-refractivity contribution in [3.8, 4) is 0 Å². The summed E-state index contributed by atoms with van der Waals surface area (Å²) < 4.78 is 97.1. The van der Waals surface area contributed by atoms with E-state index in [-0.39, 0.29) is 49.2 Å². The van der Waals surface area contributed by atoms with E-state index in [1.807, 2.05) is 0 Å². The van der Waals surface area contributed by atoms with Gasteiger partial charge in [0.2, 0.25) is 0 Å². The zero-order valence-electron chi connectivity index (χ0n) is 16.3. The molecule has 0 saturated heterocycles. The number of rotatable bonds is 6. The Labute approximate surface area is 174 Å². The van der Waals surface area contributed by atoms with Crippen LogP contribution >= 0.6 is 0 Å². The second-order valence-corrected chi connectivity index (χ2v) is 7.67. The summed E-state index contributed by atoms with van der Waals surface area (Å²) in [6.45, 7) is -0.191. The Morgan fingerprint density at radius 2 is 1.45 bits per heavy atom. The van der Waals surface area contributed by atoms with Gasteiger partial charge in [-0.05, 0) is 66.6 Å². The smallest absolute Gasteiger partial charge is 0.396 e. The van der Waals surface area contributed by atoms with Gasteiger partial charge >= 0.3 is 12.4 Å². The van der Waals surface area contributed by atoms with Crippen LogP contribution in [0.25, 0.3) is 0 Å². The third-order valence-corrected chi connectivity index (χ3v) is 5.59. The molecule has 0 radical (unpaired) electrons. The second kappa shape index (κ2) is 9.16. The zero-order valence-corrected chi connectivity index (χ0v) is 16.3. The SMILES string of the molecule is OC[C@@H]1CC[C@H](OCCc2cc(C(F)(F)F)cc(C(F)(F)F)c2)[C@H]1c1ccc(F)cc1. The van der Waals surface area contributed by atoms with E-state index in [0.717, 1.165) is 5.56 Å². The highest BCUT2D eigenvalue weighted by Gasteiger charge is 2.38. The van der Waals surface area contributed by atoms with E-state index < -0.39 is 29.3 Å². The first-order valence-electron chi connectivity index (χ1n) is 9.75. The van der Waals surface area contributed by atoms with Gasteiger partial charge in [0, 0.05) is 12.5 Å². The first kappa shape index (κ1) is 23.5. The average molecular weight is 450 g/mol. The molecular weight excluding hydrogens is 429 g/mol. The molecule has 2 aromatic rings. The Hall–Kier alpha value is -2.13. The van der Waals surface area contributed by atoms with Crippen LogP contribution in [0.5, 0.6) is 0 Å². The van der Waals surface area contributed by atoms with Crippen molar-refractivity contribution >= 4 is 0 Å². The maximum atomic E-state index is 13.2. The highest BCUT2D eigenvalue weighted by atomic mass is 19.4. The van der Waals surface area contributed by atoms with Gasteiger partial charge in [0.05, 0.1) is 23.8 Å². The summed E-state index contributed by atoms with van der Waals surface area (Å²) in [6.07, 6.45) is -9.09. The summed E-state index contributed by atoms with van der Waals surface area (Å²) in [7, 11) is 0. The monoisotopic (exact) mass is 450 g/mol. The molecule has 1 saturated carbocycles. The van der Waals surface area contributed by atoms with Crippen LogP contribution < -0.4 is 0 Å². The molecule has 2 nitrogen and oxygen atoms in total. The molecule has 0 aromatic heterocycles. The normalized spacial score (nSPS) is 22.1. The first-order chi connectivity index (χ1) is 14.5. The lowest BCUT2D eigenvalue weighted by atomic mass is 9.88. The molecular formula is C22H21F7O2. The zero-order chi connectivity index (χ0) is 22.8. The molecule has 0 unspecified atom stereocenters. The molecule has 9 heteroatoms. The number of benzene rings is 2. The van der Waals surface area contributed by atoms with Gasteiger partial charge in [-0.2, -0.15) is 26.3 Å². The second-order valence-electron chi connectivity index (χ2n) is 7.67. The van der Waals surface area contributed by atoms with Crippen LogP contribution in [-0.4, -0.2) is 24.4 Å². The predicted octanol–water partition coefficient (Wildman–Crippen LogP) is 5.98. The van der Waals surface area contributed by atoms with Crippen molar-refractivity contribution in [2.24, 2.45) is 5.92 Å². The molecule has 31 heavy (non-hydrogen) atoms. The van der Waals surface area contributed by atoms with Crippen molar-refractivity contribution in [1.29, 1.82) is 0 Å². The predicted molar refractivity (Wildman–Crippen MR) is 98.8 cm³/mol. The van der Waals surface area contributed by atoms with Gasteiger partial charge in [0.1, 0.15) is 5.82 Å². The molecule has 0 spiro atoms. The lowest BCUT2D eigenvalue weighted by Gasteiger charge is -2.25. The van der Waals surface area contributed by atoms with Crippen molar-refractivity contribution in [3.63, 3.8) is 0 Å². The number of aliphatic hydroxyl groups is 1. The molecule has 0 heterocycles. The van der Waals surface area contributed by atoms with Crippen molar-refractivity contribution in [1.82, 2.24) is 0 Å². The fourth-order valence-electron chi connectivity index (χ4n) is 4.10. The van der Waals surface area contributed by atoms with Gasteiger partial charge < -0.3 is 9.84 Å². The van der Waals surface area contributed by atoms with Crippen LogP contribution in [0.1, 0.15) is 41.0 Å². The van der Waals surface area contributed by atoms with E-state index >= 15 is 0 Å². The van der Waals surface area contributed by atoms with Crippen molar-refractivity contribution in [2.45, 2.75) is 43.6 Å². The van der Waals surface area contributed by atoms with Crippen LogP contribution in [0.3, 0.4) is 0 Å². The minimum absolute atomic E-state index is 0.0842. The Bertz CT molecular complexity index is 843. The molecule has 0 aliphatic heterocycles. The third kappa shape index (κ3) is 5.77. The van der Waals surface area contributed by atoms with Crippen molar-refractivity contribution in [3.05, 3.63) is 70.5 Å². The molecule has 0 bridgehead atoms. The van der Waals surface area contributed by atoms with Crippen LogP contribution in [0.4, 0.5) is 30.7 Å². The van der Waals surface area contributed by atoms with E-state index in [2.05, 4.69) is 0 Å². The molecule has 1 aliphatic carbocycles. The van der Waals surface area contributed by atoms with Gasteiger partial charge in [0.25, 0.3) is 0 Å². The topological polar surface area (TPSA) is 29.5 Å². The number of aliphatic hydroxyl groups excluding tert-OH is 1. The molecule has 170 valence electrons. The Kier molecular flexibility index (Phi) is 6.95. The highest BCUT2D eigenvalue weighted by molar-refractivity contribution is 5.34. The molecule has 1 aliphatic rings. The number of ether oxygens (including phenoxy) is 1. The van der Waals surface area contributed by atoms with Gasteiger partial charge in [-0.15, -0.1) is 0 Å². The van der Waals surface area contributed by atoms with Crippen molar-refractivity contribution < 1.29 is 40.6 Å². The number of halogens is 7. The van der Waals surface area contributed by atoms with Crippen LogP contribution in [0.15, 0.2) is 42.5 Å². The summed E-state index contributed by atoms with van der Waals surface area (Å²) >= 11 is 0. The third-order valence-electron chi connectivity index (χ3n) is 5.59. The average Bonchev–Trinajstić information content (AvgIpc) is 3.10. The van der Waals surface area contributed by atoms with E-state index in [1.165, 1.54) is 12.1 Å². The molecule has 1 fully saturated rings. The molecule has 0 amide bonds. The first-order valence-corrected chi connectivity index (χ1v) is 9.75. The highest BCUT2D eigenvalue weighted by Crippen LogP contribution is 2.42. The standard InChI is InChI=1S/C22H21F7O2/c23-18-4-1-14(2-5-18)20-15(12-30)3-6-19(20)31-8-7-13-9-16(21(24,25)26)11-17(10-13)22(27,28)29/h1-2,4-5,9-11,15,19-20,30H,3,6-8,12H2/t15-,19-,20-/m0/s1. The summed E-state index contributed by atoms with van der Waals surface area (Å²) in [4.78, 5) is 0. The molecule has 3 atom stereocenters. The Morgan fingerprint density at radius 3 is 1.97 bits per heavy atom. The fraction of sp³-hybridized carbons (Fsp3) is 0.455. The minimum atomic E-state index is -4.90.